The molecule has 1 aliphatic carbocycles. The van der Waals surface area contributed by atoms with E-state index in [0.717, 1.165) is 6.42 Å². The first-order valence-corrected chi connectivity index (χ1v) is 9.02. The van der Waals surface area contributed by atoms with Gasteiger partial charge in [-0.1, -0.05) is 37.8 Å². The Morgan fingerprint density at radius 1 is 1.27 bits per heavy atom. The van der Waals surface area contributed by atoms with Crippen LogP contribution in [0.4, 0.5) is 4.39 Å². The first-order valence-electron chi connectivity index (χ1n) is 9.02. The van der Waals surface area contributed by atoms with E-state index in [2.05, 4.69) is 19.9 Å². The van der Waals surface area contributed by atoms with Gasteiger partial charge in [-0.25, -0.2) is 14.4 Å². The van der Waals surface area contributed by atoms with Gasteiger partial charge in [0.15, 0.2) is 22.7 Å². The first-order chi connectivity index (χ1) is 12.7. The lowest BCUT2D eigenvalue weighted by Gasteiger charge is -2.21. The van der Waals surface area contributed by atoms with Crippen LogP contribution in [0, 0.1) is 11.7 Å². The van der Waals surface area contributed by atoms with Gasteiger partial charge in [-0.2, -0.15) is 0 Å². The van der Waals surface area contributed by atoms with Gasteiger partial charge in [0.2, 0.25) is 0 Å². The Labute approximate surface area is 149 Å². The molecule has 1 fully saturated rings. The fraction of sp³-hybridized carbons (Fsp3) is 0.421. The average molecular weight is 356 g/mol. The number of aromatic nitrogens is 4. The van der Waals surface area contributed by atoms with Crippen molar-refractivity contribution in [1.29, 1.82) is 0 Å². The summed E-state index contributed by atoms with van der Waals surface area (Å²) < 4.78 is 20.0. The summed E-state index contributed by atoms with van der Waals surface area (Å²) in [5.41, 5.74) is 0.485. The maximum absolute atomic E-state index is 14.0. The summed E-state index contributed by atoms with van der Waals surface area (Å²) in [7, 11) is 0. The first kappa shape index (κ1) is 16.8. The van der Waals surface area contributed by atoms with Gasteiger partial charge in [-0.05, 0) is 24.5 Å². The van der Waals surface area contributed by atoms with Gasteiger partial charge in [-0.15, -0.1) is 0 Å². The van der Waals surface area contributed by atoms with Crippen molar-refractivity contribution in [1.82, 2.24) is 19.9 Å². The normalized spacial score (nSPS) is 16.2. The summed E-state index contributed by atoms with van der Waals surface area (Å²) in [6.45, 7) is 0. The zero-order valence-corrected chi connectivity index (χ0v) is 14.4. The Hall–Kier alpha value is -2.70. The summed E-state index contributed by atoms with van der Waals surface area (Å²) in [5, 5.41) is 0. The monoisotopic (exact) mass is 356 g/mol. The summed E-state index contributed by atoms with van der Waals surface area (Å²) in [4.78, 5) is 25.9. The molecule has 0 spiro atoms. The molecule has 1 atom stereocenters. The van der Waals surface area contributed by atoms with E-state index in [0.29, 0.717) is 29.3 Å². The quantitative estimate of drug-likeness (QED) is 0.709. The van der Waals surface area contributed by atoms with Crippen LogP contribution in [0.2, 0.25) is 0 Å². The zero-order chi connectivity index (χ0) is 17.9. The van der Waals surface area contributed by atoms with Crippen molar-refractivity contribution in [2.45, 2.75) is 44.6 Å². The van der Waals surface area contributed by atoms with Crippen LogP contribution in [-0.2, 0) is 6.42 Å². The van der Waals surface area contributed by atoms with Gasteiger partial charge >= 0.3 is 0 Å². The molecule has 2 N–H and O–H groups in total. The van der Waals surface area contributed by atoms with E-state index in [-0.39, 0.29) is 23.2 Å². The number of aromatic amines is 2. The third kappa shape index (κ3) is 3.61. The molecule has 2 heterocycles. The number of fused-ring (bicyclic) bond motifs is 1. The Balaban J connectivity index is 1.57. The fourth-order valence-corrected chi connectivity index (χ4v) is 3.71. The lowest BCUT2D eigenvalue weighted by Crippen LogP contribution is -2.23. The molecule has 2 aromatic heterocycles. The molecule has 7 heteroatoms. The number of imidazole rings is 1. The van der Waals surface area contributed by atoms with Crippen LogP contribution >= 0.6 is 0 Å². The molecule has 3 aromatic rings. The van der Waals surface area contributed by atoms with Crippen molar-refractivity contribution in [3.05, 3.63) is 52.6 Å². The minimum Gasteiger partial charge on any atom is -0.487 e. The highest BCUT2D eigenvalue weighted by atomic mass is 19.1. The Bertz CT molecular complexity index is 946. The maximum Gasteiger partial charge on any atom is 0.276 e. The van der Waals surface area contributed by atoms with Gasteiger partial charge < -0.3 is 14.7 Å². The number of halogens is 1. The topological polar surface area (TPSA) is 83.7 Å². The number of nitrogens with zero attached hydrogens (tertiary/aromatic N) is 2. The van der Waals surface area contributed by atoms with E-state index in [1.807, 2.05) is 0 Å². The Morgan fingerprint density at radius 3 is 2.85 bits per heavy atom. The molecular formula is C19H21FN4O2. The minimum absolute atomic E-state index is 0.213. The van der Waals surface area contributed by atoms with Gasteiger partial charge in [-0.3, -0.25) is 4.79 Å². The second-order valence-corrected chi connectivity index (χ2v) is 6.87. The molecule has 1 unspecified atom stereocenters. The SMILES string of the molecule is O=c1[nH]cnc2nc(CC(CC3CCCC3)Oc3ccccc3F)[nH]c12. The number of nitrogens with one attached hydrogen (secondary N) is 2. The molecule has 0 aliphatic heterocycles. The third-order valence-corrected chi connectivity index (χ3v) is 4.97. The molecule has 0 amide bonds. The van der Waals surface area contributed by atoms with Crippen LogP contribution in [0.1, 0.15) is 37.9 Å². The number of hydrogen-bond donors (Lipinski definition) is 2. The molecule has 0 radical (unpaired) electrons. The molecule has 1 aromatic carbocycles. The van der Waals surface area contributed by atoms with E-state index in [9.17, 15) is 9.18 Å². The van der Waals surface area contributed by atoms with Gasteiger partial charge in [0, 0.05) is 6.42 Å². The second-order valence-electron chi connectivity index (χ2n) is 6.87. The number of hydrogen-bond acceptors (Lipinski definition) is 4. The van der Waals surface area contributed by atoms with Crippen LogP contribution < -0.4 is 10.3 Å². The van der Waals surface area contributed by atoms with E-state index in [4.69, 9.17) is 4.74 Å². The Kier molecular flexibility index (Phi) is 4.69. The van der Waals surface area contributed by atoms with Crippen molar-refractivity contribution >= 4 is 11.2 Å². The Morgan fingerprint density at radius 2 is 2.08 bits per heavy atom. The molecule has 0 saturated heterocycles. The van der Waals surface area contributed by atoms with Crippen LogP contribution in [0.3, 0.4) is 0 Å². The largest absolute Gasteiger partial charge is 0.487 e. The smallest absolute Gasteiger partial charge is 0.276 e. The second kappa shape index (κ2) is 7.27. The lowest BCUT2D eigenvalue weighted by atomic mass is 9.98. The molecule has 1 saturated carbocycles. The molecule has 0 bridgehead atoms. The summed E-state index contributed by atoms with van der Waals surface area (Å²) >= 11 is 0. The summed E-state index contributed by atoms with van der Waals surface area (Å²) in [6, 6.07) is 6.44. The zero-order valence-electron chi connectivity index (χ0n) is 14.4. The number of benzene rings is 1. The highest BCUT2D eigenvalue weighted by Gasteiger charge is 2.24. The van der Waals surface area contributed by atoms with Crippen molar-refractivity contribution in [3.8, 4) is 5.75 Å². The molecule has 26 heavy (non-hydrogen) atoms. The van der Waals surface area contributed by atoms with Crippen molar-refractivity contribution in [2.75, 3.05) is 0 Å². The van der Waals surface area contributed by atoms with Gasteiger partial charge in [0.25, 0.3) is 5.56 Å². The molecule has 136 valence electrons. The molecule has 1 aliphatic rings. The van der Waals surface area contributed by atoms with Gasteiger partial charge in [0.05, 0.1) is 6.33 Å². The third-order valence-electron chi connectivity index (χ3n) is 4.97. The van der Waals surface area contributed by atoms with E-state index >= 15 is 0 Å². The predicted octanol–water partition coefficient (Wildman–Crippen LogP) is 3.36. The maximum atomic E-state index is 14.0. The van der Waals surface area contributed by atoms with Crippen molar-refractivity contribution in [3.63, 3.8) is 0 Å². The summed E-state index contributed by atoms with van der Waals surface area (Å²) in [6.07, 6.45) is 7.27. The summed E-state index contributed by atoms with van der Waals surface area (Å²) in [5.74, 6) is 1.09. The lowest BCUT2D eigenvalue weighted by molar-refractivity contribution is 0.159. The van der Waals surface area contributed by atoms with Crippen LogP contribution in [0.25, 0.3) is 11.2 Å². The standard InChI is InChI=1S/C19H21FN4O2/c20-14-7-3-4-8-15(14)26-13(9-12-5-1-2-6-12)10-16-23-17-18(24-16)21-11-22-19(17)25/h3-4,7-8,11-13H,1-2,5-6,9-10H2,(H2,21,22,23,24,25). The van der Waals surface area contributed by atoms with E-state index in [1.54, 1.807) is 18.2 Å². The number of H-pyrrole nitrogens is 2. The number of para-hydroxylation sites is 1. The number of rotatable bonds is 6. The van der Waals surface area contributed by atoms with Crippen LogP contribution in [0.5, 0.6) is 5.75 Å². The van der Waals surface area contributed by atoms with E-state index in [1.165, 1.54) is 38.1 Å². The predicted molar refractivity (Wildman–Crippen MR) is 95.6 cm³/mol. The average Bonchev–Trinajstić information content (AvgIpc) is 3.27. The highest BCUT2D eigenvalue weighted by Crippen LogP contribution is 2.31. The van der Waals surface area contributed by atoms with Crippen molar-refractivity contribution in [2.24, 2.45) is 5.92 Å². The van der Waals surface area contributed by atoms with Crippen molar-refractivity contribution < 1.29 is 9.13 Å². The molecular weight excluding hydrogens is 335 g/mol. The number of ether oxygens (including phenoxy) is 1. The molecule has 6 nitrogen and oxygen atoms in total. The van der Waals surface area contributed by atoms with E-state index < -0.39 is 0 Å². The van der Waals surface area contributed by atoms with Gasteiger partial charge in [0.1, 0.15) is 11.9 Å². The highest BCUT2D eigenvalue weighted by molar-refractivity contribution is 5.68. The van der Waals surface area contributed by atoms with Crippen LogP contribution in [-0.4, -0.2) is 26.0 Å². The minimum atomic E-state index is -0.369. The molecule has 4 rings (SSSR count). The van der Waals surface area contributed by atoms with Crippen LogP contribution in [0.15, 0.2) is 35.4 Å². The fourth-order valence-electron chi connectivity index (χ4n) is 3.71.